The predicted molar refractivity (Wildman–Crippen MR) is 157 cm³/mol. The summed E-state index contributed by atoms with van der Waals surface area (Å²) in [4.78, 5) is 18.2. The summed E-state index contributed by atoms with van der Waals surface area (Å²) in [6.07, 6.45) is 19.9. The molecule has 2 aromatic rings. The zero-order valence-electron chi connectivity index (χ0n) is 22.6. The van der Waals surface area contributed by atoms with E-state index in [2.05, 4.69) is 12.2 Å². The molecule has 0 aliphatic rings. The molecule has 0 bridgehead atoms. The van der Waals surface area contributed by atoms with Crippen molar-refractivity contribution in [3.63, 3.8) is 0 Å². The third-order valence-electron chi connectivity index (χ3n) is 6.38. The Balaban J connectivity index is 0.00000684. The summed E-state index contributed by atoms with van der Waals surface area (Å²) in [6.45, 7) is 2.27. The van der Waals surface area contributed by atoms with E-state index in [1.807, 2.05) is 60.7 Å². The molecule has 0 saturated carbocycles. The molecule has 0 aliphatic heterocycles. The summed E-state index contributed by atoms with van der Waals surface area (Å²) in [6, 6.07) is 19.1. The van der Waals surface area contributed by atoms with Crippen molar-refractivity contribution in [3.05, 3.63) is 60.7 Å². The number of nitrogens with zero attached hydrogens (tertiary/aromatic N) is 1. The molecule has 6 heteroatoms. The van der Waals surface area contributed by atoms with Crippen molar-refractivity contribution in [2.45, 2.75) is 110 Å². The Bertz CT molecular complexity index is 836. The van der Waals surface area contributed by atoms with E-state index in [1.165, 1.54) is 88.5 Å². The van der Waals surface area contributed by atoms with Gasteiger partial charge in [0.15, 0.2) is 0 Å². The number of carbonyl (C=O) groups is 1. The molecule has 0 aliphatic carbocycles. The first-order valence-electron chi connectivity index (χ1n) is 14.1. The van der Waals surface area contributed by atoms with Gasteiger partial charge in [-0.3, -0.25) is 0 Å². The van der Waals surface area contributed by atoms with Crippen molar-refractivity contribution < 1.29 is 26.7 Å². The Morgan fingerprint density at radius 3 is 1.62 bits per heavy atom. The fourth-order valence-electron chi connectivity index (χ4n) is 4.26. The van der Waals surface area contributed by atoms with Crippen molar-refractivity contribution in [3.8, 4) is 0 Å². The molecule has 0 fully saturated rings. The Hall–Kier alpha value is -1.88. The van der Waals surface area contributed by atoms with Crippen molar-refractivity contribution in [1.82, 2.24) is 0 Å². The van der Waals surface area contributed by atoms with Crippen LogP contribution in [0.1, 0.15) is 110 Å². The van der Waals surface area contributed by atoms with E-state index in [-0.39, 0.29) is 23.0 Å². The van der Waals surface area contributed by atoms with Gasteiger partial charge in [-0.15, -0.1) is 5.06 Å². The average molecular weight is 574 g/mol. The molecule has 209 valence electrons. The van der Waals surface area contributed by atoms with Crippen LogP contribution in [0.5, 0.6) is 0 Å². The van der Waals surface area contributed by atoms with Gasteiger partial charge in [-0.2, -0.15) is 0 Å². The maximum absolute atomic E-state index is 12.6. The third-order valence-corrected chi connectivity index (χ3v) is 6.65. The number of rotatable bonds is 18. The van der Waals surface area contributed by atoms with Crippen LogP contribution in [-0.4, -0.2) is 11.1 Å². The molecule has 4 nitrogen and oxygen atoms in total. The van der Waals surface area contributed by atoms with E-state index in [9.17, 15) is 4.79 Å². The topological polar surface area (TPSA) is 41.6 Å². The van der Waals surface area contributed by atoms with Gasteiger partial charge in [0.05, 0.1) is 5.69 Å². The van der Waals surface area contributed by atoms with E-state index in [1.54, 1.807) is 0 Å². The number of hydroxylamine groups is 1. The fraction of sp³-hybridized carbons (Fsp3) is 0.548. The first-order valence-corrected chi connectivity index (χ1v) is 14.5. The normalized spacial score (nSPS) is 10.4. The van der Waals surface area contributed by atoms with Crippen molar-refractivity contribution in [1.29, 1.82) is 0 Å². The number of carbonyl (C=O) groups excluding carboxylic acids is 1. The number of anilines is 2. The van der Waals surface area contributed by atoms with Crippen LogP contribution in [0.25, 0.3) is 0 Å². The van der Waals surface area contributed by atoms with Gasteiger partial charge in [-0.1, -0.05) is 133 Å². The van der Waals surface area contributed by atoms with Gasteiger partial charge in [0, 0.05) is 29.2 Å². The van der Waals surface area contributed by atoms with Gasteiger partial charge in [0.1, 0.15) is 0 Å². The molecule has 0 aromatic heterocycles. The van der Waals surface area contributed by atoms with Crippen LogP contribution >= 0.6 is 12.2 Å². The van der Waals surface area contributed by atoms with Gasteiger partial charge in [0.2, 0.25) is 5.11 Å². The molecule has 0 spiro atoms. The maximum Gasteiger partial charge on any atom is 0.333 e. The summed E-state index contributed by atoms with van der Waals surface area (Å²) in [5.74, 6) is -0.259. The summed E-state index contributed by atoms with van der Waals surface area (Å²) in [5, 5.41) is 4.89. The maximum atomic E-state index is 12.6. The fourth-order valence-corrected chi connectivity index (χ4v) is 4.52. The zero-order chi connectivity index (χ0) is 25.7. The number of hydrogen-bond acceptors (Lipinski definition) is 3. The molecule has 2 rings (SSSR count). The minimum absolute atomic E-state index is 0. The largest absolute Gasteiger partial charge is 0.334 e. The van der Waals surface area contributed by atoms with Crippen molar-refractivity contribution in [2.24, 2.45) is 0 Å². The molecule has 0 saturated heterocycles. The summed E-state index contributed by atoms with van der Waals surface area (Å²) in [5.41, 5.74) is 1.57. The van der Waals surface area contributed by atoms with Crippen LogP contribution in [0, 0.1) is 0 Å². The van der Waals surface area contributed by atoms with Crippen LogP contribution in [0.2, 0.25) is 0 Å². The quantitative estimate of drug-likeness (QED) is 0.0831. The standard InChI is InChI=1S/C31H46N2O2S.Cu/c1-2-3-4-5-6-7-8-9-10-11-12-13-14-15-22-27-30(34)35-33(29-25-20-17-21-26-29)31(36)32-28-23-18-16-19-24-28;/h16-21,23-26H,2-15,22,27H2,1H3,(H,32,36);. The third kappa shape index (κ3) is 15.9. The average Bonchev–Trinajstić information content (AvgIpc) is 2.90. The minimum Gasteiger partial charge on any atom is -0.334 e. The Morgan fingerprint density at radius 1 is 0.703 bits per heavy atom. The second-order valence-electron chi connectivity index (χ2n) is 9.59. The second kappa shape index (κ2) is 22.1. The van der Waals surface area contributed by atoms with Crippen LogP contribution in [0.15, 0.2) is 60.7 Å². The first-order chi connectivity index (χ1) is 17.7. The summed E-state index contributed by atoms with van der Waals surface area (Å²) in [7, 11) is 0. The molecule has 0 unspecified atom stereocenters. The van der Waals surface area contributed by atoms with E-state index in [0.717, 1.165) is 24.2 Å². The molecular weight excluding hydrogens is 528 g/mol. The van der Waals surface area contributed by atoms with Crippen LogP contribution in [-0.2, 0) is 26.7 Å². The summed E-state index contributed by atoms with van der Waals surface area (Å²) < 4.78 is 0. The van der Waals surface area contributed by atoms with Gasteiger partial charge in [0.25, 0.3) is 0 Å². The first kappa shape index (κ1) is 33.1. The van der Waals surface area contributed by atoms with E-state index in [0.29, 0.717) is 11.5 Å². The Labute approximate surface area is 241 Å². The predicted octanol–water partition coefficient (Wildman–Crippen LogP) is 9.61. The molecule has 2 aromatic carbocycles. The monoisotopic (exact) mass is 573 g/mol. The van der Waals surface area contributed by atoms with Crippen molar-refractivity contribution >= 4 is 34.7 Å². The number of unbranched alkanes of at least 4 members (excludes halogenated alkanes) is 14. The van der Waals surface area contributed by atoms with Crippen molar-refractivity contribution in [2.75, 3.05) is 10.4 Å². The zero-order valence-corrected chi connectivity index (χ0v) is 24.3. The SMILES string of the molecule is CCCCCCCCCCCCCCCCCC(=O)ON(C(=S)Nc1ccccc1)c1ccccc1.[Cu]. The number of nitrogens with one attached hydrogen (secondary N) is 1. The molecule has 37 heavy (non-hydrogen) atoms. The van der Waals surface area contributed by atoms with Gasteiger partial charge >= 0.3 is 5.97 Å². The molecule has 0 heterocycles. The van der Waals surface area contributed by atoms with E-state index < -0.39 is 0 Å². The number of benzene rings is 2. The molecule has 1 N–H and O–H groups in total. The number of thiocarbonyl (C=S) groups is 1. The minimum atomic E-state index is -0.259. The second-order valence-corrected chi connectivity index (χ2v) is 9.98. The van der Waals surface area contributed by atoms with E-state index >= 15 is 0 Å². The van der Waals surface area contributed by atoms with Gasteiger partial charge < -0.3 is 10.2 Å². The smallest absolute Gasteiger partial charge is 0.333 e. The summed E-state index contributed by atoms with van der Waals surface area (Å²) >= 11 is 5.54. The molecule has 0 atom stereocenters. The molecule has 0 amide bonds. The van der Waals surface area contributed by atoms with Gasteiger partial charge in [-0.25, -0.2) is 4.79 Å². The Kier molecular flexibility index (Phi) is 19.8. The Morgan fingerprint density at radius 2 is 1.14 bits per heavy atom. The van der Waals surface area contributed by atoms with Crippen LogP contribution in [0.4, 0.5) is 11.4 Å². The number of para-hydroxylation sites is 2. The molecule has 1 radical (unpaired) electrons. The van der Waals surface area contributed by atoms with Crippen LogP contribution < -0.4 is 10.4 Å². The van der Waals surface area contributed by atoms with Gasteiger partial charge in [-0.05, 0) is 42.9 Å². The number of hydrogen-bond donors (Lipinski definition) is 1. The van der Waals surface area contributed by atoms with Crippen LogP contribution in [0.3, 0.4) is 0 Å². The molecular formula is C31H46CuN2O2S. The van der Waals surface area contributed by atoms with E-state index in [4.69, 9.17) is 17.1 Å².